The van der Waals surface area contributed by atoms with Gasteiger partial charge in [-0.1, -0.05) is 34.1 Å². The van der Waals surface area contributed by atoms with E-state index < -0.39 is 93.2 Å². The van der Waals surface area contributed by atoms with Crippen LogP contribution in [0.5, 0.6) is 0 Å². The molecule has 4 aromatic rings. The van der Waals surface area contributed by atoms with Crippen LogP contribution in [0, 0.1) is 35.5 Å². The molecular weight excluding hydrogens is 1170 g/mol. The quantitative estimate of drug-likeness (QED) is 0.0785. The number of esters is 4. The van der Waals surface area contributed by atoms with E-state index >= 15 is 0 Å². The molecule has 12 rings (SSSR count). The Morgan fingerprint density at radius 1 is 0.364 bits per heavy atom. The van der Waals surface area contributed by atoms with Gasteiger partial charge in [0, 0.05) is 0 Å². The molecule has 8 saturated carbocycles. The topological polar surface area (TPSA) is 105 Å². The molecule has 3 unspecified atom stereocenters. The molecule has 8 aliphatic carbocycles. The first-order valence-electron chi connectivity index (χ1n) is 31.0. The van der Waals surface area contributed by atoms with Crippen molar-refractivity contribution in [3.63, 3.8) is 0 Å². The minimum atomic E-state index is -4.39. The zero-order valence-corrected chi connectivity index (χ0v) is 50.1. The second-order valence-electron chi connectivity index (χ2n) is 25.3. The minimum absolute atomic E-state index is 0.165. The predicted molar refractivity (Wildman–Crippen MR) is 304 cm³/mol. The van der Waals surface area contributed by atoms with Crippen molar-refractivity contribution in [2.45, 2.75) is 216 Å². The number of fused-ring (bicyclic) bond motifs is 2. The number of carbonyl (C=O) groups is 4. The number of halogens is 12. The van der Waals surface area contributed by atoms with E-state index in [1.165, 1.54) is 61.4 Å². The van der Waals surface area contributed by atoms with Crippen molar-refractivity contribution in [1.29, 1.82) is 0 Å². The lowest BCUT2D eigenvalue weighted by Crippen LogP contribution is -2.59. The van der Waals surface area contributed by atoms with Gasteiger partial charge in [-0.3, -0.25) is 0 Å². The molecule has 88 heavy (non-hydrogen) atoms. The van der Waals surface area contributed by atoms with Gasteiger partial charge in [-0.05, 0) is 267 Å². The van der Waals surface area contributed by atoms with E-state index in [-0.39, 0.29) is 22.3 Å². The van der Waals surface area contributed by atoms with E-state index in [4.69, 9.17) is 18.9 Å². The van der Waals surface area contributed by atoms with Gasteiger partial charge in [-0.2, -0.15) is 52.7 Å². The van der Waals surface area contributed by atoms with Crippen LogP contribution >= 0.6 is 0 Å². The molecule has 8 nitrogen and oxygen atoms in total. The number of benzene rings is 4. The molecule has 0 aliphatic heterocycles. The van der Waals surface area contributed by atoms with Gasteiger partial charge in [-0.15, -0.1) is 0 Å². The molecule has 3 atom stereocenters. The Morgan fingerprint density at radius 3 is 0.943 bits per heavy atom. The number of hydrogen-bond donors (Lipinski definition) is 0. The lowest BCUT2D eigenvalue weighted by Gasteiger charge is -2.60. The molecule has 0 aromatic heterocycles. The standard InChI is InChI=1S/C20H23F3O2.C17H19F3O2.C16H19F3O2.C15H17F3O2/c1-2-19(16-8-12-7-13(10-16)11-17(19)9-12)25-18(24)14-3-5-15(6-4-14)20(21,22)23;1-2-16(10-11-3-6-14(16)9-11)22-15(21)12-4-7-13(8-5-12)17(18,19)20;1-2-15(10-4-3-5-11-15)21-14(20)12-6-8-13(9-7-12)16(17,18)19;1-2-14(9-3-4-10-14)20-13(19)11-5-7-12(8-6-11)15(16,17)18/h3-6,12-13,16-17H,2,7-11H2,1H3;4-5,7-8,11,14H,2-3,6,9-10H2,1H3;6-9H,2-5,10-11H2,1H3;5-8H,2-4,9-10H2,1H3. The Morgan fingerprint density at radius 2 is 0.670 bits per heavy atom. The second kappa shape index (κ2) is 27.2. The summed E-state index contributed by atoms with van der Waals surface area (Å²) in [5, 5.41) is 0. The molecule has 8 aliphatic rings. The minimum Gasteiger partial charge on any atom is -0.455 e. The van der Waals surface area contributed by atoms with Crippen molar-refractivity contribution in [3.05, 3.63) is 142 Å². The third-order valence-corrected chi connectivity index (χ3v) is 20.1. The Hall–Kier alpha value is -6.08. The Kier molecular flexibility index (Phi) is 20.9. The maximum atomic E-state index is 12.7. The first-order chi connectivity index (χ1) is 41.4. The van der Waals surface area contributed by atoms with Crippen LogP contribution in [0.15, 0.2) is 97.1 Å². The summed E-state index contributed by atoms with van der Waals surface area (Å²) in [4.78, 5) is 49.1. The Labute approximate surface area is 506 Å². The molecule has 0 N–H and O–H groups in total. The Bertz CT molecular complexity index is 2960. The van der Waals surface area contributed by atoms with Gasteiger partial charge in [0.15, 0.2) is 0 Å². The van der Waals surface area contributed by atoms with Gasteiger partial charge in [0.1, 0.15) is 22.4 Å². The highest BCUT2D eigenvalue weighted by molar-refractivity contribution is 5.91. The van der Waals surface area contributed by atoms with Crippen molar-refractivity contribution >= 4 is 23.9 Å². The van der Waals surface area contributed by atoms with Crippen LogP contribution in [0.3, 0.4) is 0 Å². The lowest BCUT2D eigenvalue weighted by atomic mass is 9.49. The highest BCUT2D eigenvalue weighted by Crippen LogP contribution is 2.61. The molecule has 0 radical (unpaired) electrons. The fraction of sp³-hybridized carbons (Fsp3) is 0.588. The van der Waals surface area contributed by atoms with Crippen molar-refractivity contribution in [1.82, 2.24) is 0 Å². The van der Waals surface area contributed by atoms with Crippen LogP contribution in [0.4, 0.5) is 52.7 Å². The molecule has 20 heteroatoms. The number of ether oxygens (including phenoxy) is 4. The molecule has 0 saturated heterocycles. The van der Waals surface area contributed by atoms with E-state index in [0.717, 1.165) is 189 Å². The normalized spacial score (nSPS) is 26.5. The second-order valence-corrected chi connectivity index (χ2v) is 25.3. The fourth-order valence-electron chi connectivity index (χ4n) is 15.3. The Balaban J connectivity index is 0.000000153. The van der Waals surface area contributed by atoms with Gasteiger partial charge >= 0.3 is 48.6 Å². The molecule has 0 spiro atoms. The number of hydrogen-bond acceptors (Lipinski definition) is 8. The highest BCUT2D eigenvalue weighted by atomic mass is 19.4. The predicted octanol–water partition coefficient (Wildman–Crippen LogP) is 19.9. The smallest absolute Gasteiger partial charge is 0.416 e. The first kappa shape index (κ1) is 67.8. The zero-order valence-electron chi connectivity index (χ0n) is 50.1. The monoisotopic (exact) mass is 1250 g/mol. The van der Waals surface area contributed by atoms with Crippen molar-refractivity contribution in [2.75, 3.05) is 0 Å². The van der Waals surface area contributed by atoms with E-state index in [1.807, 2.05) is 20.8 Å². The van der Waals surface area contributed by atoms with Gasteiger partial charge < -0.3 is 18.9 Å². The summed E-state index contributed by atoms with van der Waals surface area (Å²) in [6.45, 7) is 8.03. The zero-order chi connectivity index (χ0) is 64.1. The van der Waals surface area contributed by atoms with Crippen LogP contribution in [0.25, 0.3) is 0 Å². The third kappa shape index (κ3) is 15.9. The molecule has 4 aromatic carbocycles. The average molecular weight is 1250 g/mol. The molecule has 0 heterocycles. The average Bonchev–Trinajstić information content (AvgIpc) is 1.36. The van der Waals surface area contributed by atoms with Gasteiger partial charge in [0.25, 0.3) is 0 Å². The molecule has 8 fully saturated rings. The molecule has 0 amide bonds. The fourth-order valence-corrected chi connectivity index (χ4v) is 15.3. The van der Waals surface area contributed by atoms with E-state index in [9.17, 15) is 71.9 Å². The summed E-state index contributed by atoms with van der Waals surface area (Å²) < 4.78 is 174. The van der Waals surface area contributed by atoms with Crippen molar-refractivity contribution in [3.8, 4) is 0 Å². The number of rotatable bonds is 12. The van der Waals surface area contributed by atoms with Crippen LogP contribution in [-0.2, 0) is 43.7 Å². The first-order valence-corrected chi connectivity index (χ1v) is 31.0. The SMILES string of the molecule is CCC1(OC(=O)c2ccc(C(F)(F)F)cc2)C2CC3CC(C2)CC1C3.CCC1(OC(=O)c2ccc(C(F)(F)F)cc2)CC2CCC1C2.CCC1(OC(=O)c2ccc(C(F)(F)F)cc2)CCCC1.CCC1(OC(=O)c2ccc(C(F)(F)F)cc2)CCCCC1. The maximum Gasteiger partial charge on any atom is 0.416 e. The third-order valence-electron chi connectivity index (χ3n) is 20.1. The summed E-state index contributed by atoms with van der Waals surface area (Å²) in [6.07, 6.45) is 4.10. The largest absolute Gasteiger partial charge is 0.455 e. The van der Waals surface area contributed by atoms with Crippen LogP contribution < -0.4 is 0 Å². The lowest BCUT2D eigenvalue weighted by molar-refractivity contribution is -0.176. The van der Waals surface area contributed by atoms with Crippen LogP contribution in [0.1, 0.15) is 233 Å². The van der Waals surface area contributed by atoms with Gasteiger partial charge in [0.05, 0.1) is 44.5 Å². The molecular formula is C68H78F12O8. The number of carbonyl (C=O) groups excluding carboxylic acids is 4. The van der Waals surface area contributed by atoms with E-state index in [0.29, 0.717) is 23.7 Å². The summed E-state index contributed by atoms with van der Waals surface area (Å²) in [5.41, 5.74) is -4.02. The summed E-state index contributed by atoms with van der Waals surface area (Å²) in [5.74, 6) is 1.32. The maximum absolute atomic E-state index is 12.7. The summed E-state index contributed by atoms with van der Waals surface area (Å²) in [6, 6.07) is 16.9. The summed E-state index contributed by atoms with van der Waals surface area (Å²) >= 11 is 0. The van der Waals surface area contributed by atoms with Crippen molar-refractivity contribution in [2.24, 2.45) is 35.5 Å². The van der Waals surface area contributed by atoms with E-state index in [2.05, 4.69) is 6.92 Å². The van der Waals surface area contributed by atoms with Crippen molar-refractivity contribution < 1.29 is 90.8 Å². The highest BCUT2D eigenvalue weighted by Gasteiger charge is 2.59. The van der Waals surface area contributed by atoms with Gasteiger partial charge in [-0.25, -0.2) is 19.2 Å². The summed E-state index contributed by atoms with van der Waals surface area (Å²) in [7, 11) is 0. The van der Waals surface area contributed by atoms with Crippen LogP contribution in [0.2, 0.25) is 0 Å². The number of alkyl halides is 12. The van der Waals surface area contributed by atoms with E-state index in [1.54, 1.807) is 0 Å². The van der Waals surface area contributed by atoms with Gasteiger partial charge in [0.2, 0.25) is 0 Å². The van der Waals surface area contributed by atoms with Crippen LogP contribution in [-0.4, -0.2) is 46.3 Å². The molecule has 6 bridgehead atoms. The molecule has 482 valence electrons.